The summed E-state index contributed by atoms with van der Waals surface area (Å²) in [7, 11) is 0. The van der Waals surface area contributed by atoms with Crippen molar-refractivity contribution in [1.82, 2.24) is 14.5 Å². The van der Waals surface area contributed by atoms with E-state index in [-0.39, 0.29) is 24.2 Å². The van der Waals surface area contributed by atoms with E-state index >= 15 is 0 Å². The van der Waals surface area contributed by atoms with Gasteiger partial charge in [-0.3, -0.25) is 14.2 Å². The highest BCUT2D eigenvalue weighted by atomic mass is 16.4. The van der Waals surface area contributed by atoms with Crippen LogP contribution in [0, 0.1) is 5.92 Å². The number of hydrogen-bond acceptors (Lipinski definition) is 3. The molecule has 1 aromatic carbocycles. The number of H-pyrrole nitrogens is 1. The van der Waals surface area contributed by atoms with Crippen LogP contribution in [0.2, 0.25) is 0 Å². The first kappa shape index (κ1) is 14.4. The molecule has 2 unspecified atom stereocenters. The molecule has 1 saturated heterocycles. The molecule has 0 aliphatic carbocycles. The SMILES string of the molecule is CC1C(C(=O)O)CCN1C(=O)Cn1c(=O)[nH]c2ccccc21. The number of carboxylic acid groups (broad SMARTS) is 1. The van der Waals surface area contributed by atoms with E-state index in [0.29, 0.717) is 24.0 Å². The van der Waals surface area contributed by atoms with Crippen molar-refractivity contribution in [2.24, 2.45) is 5.92 Å². The number of nitrogens with zero attached hydrogens (tertiary/aromatic N) is 2. The number of aromatic amines is 1. The Labute approximate surface area is 126 Å². The van der Waals surface area contributed by atoms with Gasteiger partial charge >= 0.3 is 11.7 Å². The van der Waals surface area contributed by atoms with E-state index in [2.05, 4.69) is 4.98 Å². The Bertz CT molecular complexity index is 791. The Hall–Kier alpha value is -2.57. The first-order valence-electron chi connectivity index (χ1n) is 7.19. The minimum atomic E-state index is -0.882. The predicted octanol–water partition coefficient (Wildman–Crippen LogP) is 0.651. The van der Waals surface area contributed by atoms with E-state index in [0.717, 1.165) is 0 Å². The van der Waals surface area contributed by atoms with E-state index in [1.165, 1.54) is 4.57 Å². The number of aromatic nitrogens is 2. The van der Waals surface area contributed by atoms with Gasteiger partial charge in [0, 0.05) is 12.6 Å². The monoisotopic (exact) mass is 303 g/mol. The number of amides is 1. The smallest absolute Gasteiger partial charge is 0.326 e. The van der Waals surface area contributed by atoms with Crippen molar-refractivity contribution in [3.8, 4) is 0 Å². The number of likely N-dealkylation sites (tertiary alicyclic amines) is 1. The standard InChI is InChI=1S/C15H17N3O4/c1-9-10(14(20)21)6-7-17(9)13(19)8-18-12-5-3-2-4-11(12)16-15(18)22/h2-5,9-10H,6-8H2,1H3,(H,16,22)(H,20,21). The average Bonchev–Trinajstić information content (AvgIpc) is 3.00. The zero-order valence-corrected chi connectivity index (χ0v) is 12.2. The Balaban J connectivity index is 1.84. The number of carbonyl (C=O) groups is 2. The summed E-state index contributed by atoms with van der Waals surface area (Å²) in [4.78, 5) is 39.8. The molecule has 1 aliphatic rings. The molecule has 0 saturated carbocycles. The molecule has 1 aromatic heterocycles. The normalized spacial score (nSPS) is 21.4. The number of nitrogens with one attached hydrogen (secondary N) is 1. The van der Waals surface area contributed by atoms with Crippen LogP contribution in [0.4, 0.5) is 0 Å². The molecule has 1 fully saturated rings. The molecule has 2 N–H and O–H groups in total. The zero-order chi connectivity index (χ0) is 15.9. The van der Waals surface area contributed by atoms with Gasteiger partial charge in [0.1, 0.15) is 6.54 Å². The van der Waals surface area contributed by atoms with Gasteiger partial charge in [-0.2, -0.15) is 0 Å². The van der Waals surface area contributed by atoms with Crippen molar-refractivity contribution in [2.75, 3.05) is 6.54 Å². The third-order valence-corrected chi connectivity index (χ3v) is 4.37. The number of imidazole rings is 1. The van der Waals surface area contributed by atoms with Crippen molar-refractivity contribution >= 4 is 22.9 Å². The van der Waals surface area contributed by atoms with Gasteiger partial charge in [-0.25, -0.2) is 4.79 Å². The van der Waals surface area contributed by atoms with Crippen LogP contribution in [-0.4, -0.2) is 44.0 Å². The third kappa shape index (κ3) is 2.28. The Kier molecular flexibility index (Phi) is 3.48. The maximum Gasteiger partial charge on any atom is 0.326 e. The molecular weight excluding hydrogens is 286 g/mol. The van der Waals surface area contributed by atoms with Crippen molar-refractivity contribution in [3.63, 3.8) is 0 Å². The lowest BCUT2D eigenvalue weighted by Crippen LogP contribution is -2.40. The number of hydrogen-bond donors (Lipinski definition) is 2. The number of rotatable bonds is 3. The Morgan fingerprint density at radius 2 is 2.09 bits per heavy atom. The predicted molar refractivity (Wildman–Crippen MR) is 79.5 cm³/mol. The Morgan fingerprint density at radius 1 is 1.36 bits per heavy atom. The molecule has 22 heavy (non-hydrogen) atoms. The summed E-state index contributed by atoms with van der Waals surface area (Å²) < 4.78 is 1.39. The van der Waals surface area contributed by atoms with Gasteiger partial charge in [0.2, 0.25) is 5.91 Å². The maximum absolute atomic E-state index is 12.4. The van der Waals surface area contributed by atoms with E-state index in [9.17, 15) is 14.4 Å². The molecule has 2 heterocycles. The second-order valence-electron chi connectivity index (χ2n) is 5.59. The zero-order valence-electron chi connectivity index (χ0n) is 12.2. The van der Waals surface area contributed by atoms with E-state index < -0.39 is 11.9 Å². The van der Waals surface area contributed by atoms with Gasteiger partial charge < -0.3 is 15.0 Å². The van der Waals surface area contributed by atoms with Crippen LogP contribution in [0.15, 0.2) is 29.1 Å². The van der Waals surface area contributed by atoms with Gasteiger partial charge in [-0.1, -0.05) is 12.1 Å². The molecule has 116 valence electrons. The first-order chi connectivity index (χ1) is 10.5. The fourth-order valence-corrected chi connectivity index (χ4v) is 3.11. The summed E-state index contributed by atoms with van der Waals surface area (Å²) in [5, 5.41) is 9.13. The number of aliphatic carboxylic acids is 1. The highest BCUT2D eigenvalue weighted by Crippen LogP contribution is 2.24. The van der Waals surface area contributed by atoms with Gasteiger partial charge in [0.15, 0.2) is 0 Å². The number of para-hydroxylation sites is 2. The molecule has 1 amide bonds. The lowest BCUT2D eigenvalue weighted by Gasteiger charge is -2.23. The van der Waals surface area contributed by atoms with Gasteiger partial charge in [-0.15, -0.1) is 0 Å². The second-order valence-corrected chi connectivity index (χ2v) is 5.59. The fraction of sp³-hybridized carbons (Fsp3) is 0.400. The lowest BCUT2D eigenvalue weighted by molar-refractivity contribution is -0.143. The average molecular weight is 303 g/mol. The summed E-state index contributed by atoms with van der Waals surface area (Å²) in [6, 6.07) is 6.80. The van der Waals surface area contributed by atoms with Gasteiger partial charge in [0.05, 0.1) is 17.0 Å². The van der Waals surface area contributed by atoms with Crippen LogP contribution < -0.4 is 5.69 Å². The van der Waals surface area contributed by atoms with Crippen molar-refractivity contribution in [3.05, 3.63) is 34.7 Å². The highest BCUT2D eigenvalue weighted by Gasteiger charge is 2.38. The van der Waals surface area contributed by atoms with Crippen LogP contribution in [-0.2, 0) is 16.1 Å². The lowest BCUT2D eigenvalue weighted by atomic mass is 10.0. The molecule has 0 radical (unpaired) electrons. The molecule has 7 nitrogen and oxygen atoms in total. The van der Waals surface area contributed by atoms with Crippen LogP contribution in [0.1, 0.15) is 13.3 Å². The number of fused-ring (bicyclic) bond motifs is 1. The van der Waals surface area contributed by atoms with E-state index in [1.54, 1.807) is 30.0 Å². The summed E-state index contributed by atoms with van der Waals surface area (Å²) in [5.74, 6) is -1.65. The van der Waals surface area contributed by atoms with E-state index in [4.69, 9.17) is 5.11 Å². The Morgan fingerprint density at radius 3 is 2.77 bits per heavy atom. The molecule has 0 bridgehead atoms. The molecular formula is C15H17N3O4. The van der Waals surface area contributed by atoms with Crippen molar-refractivity contribution < 1.29 is 14.7 Å². The quantitative estimate of drug-likeness (QED) is 0.870. The molecule has 3 rings (SSSR count). The largest absolute Gasteiger partial charge is 0.481 e. The topological polar surface area (TPSA) is 95.4 Å². The van der Waals surface area contributed by atoms with Gasteiger partial charge in [0.25, 0.3) is 0 Å². The fourth-order valence-electron chi connectivity index (χ4n) is 3.11. The summed E-state index contributed by atoms with van der Waals surface area (Å²) in [6.07, 6.45) is 0.449. The summed E-state index contributed by atoms with van der Waals surface area (Å²) in [6.45, 7) is 2.06. The molecule has 1 aliphatic heterocycles. The first-order valence-corrected chi connectivity index (χ1v) is 7.19. The van der Waals surface area contributed by atoms with Crippen LogP contribution >= 0.6 is 0 Å². The van der Waals surface area contributed by atoms with Crippen molar-refractivity contribution in [2.45, 2.75) is 25.9 Å². The van der Waals surface area contributed by atoms with Crippen LogP contribution in [0.25, 0.3) is 11.0 Å². The summed E-state index contributed by atoms with van der Waals surface area (Å²) in [5.41, 5.74) is 1.01. The molecule has 0 spiro atoms. The minimum absolute atomic E-state index is 0.0838. The molecule has 7 heteroatoms. The number of carbonyl (C=O) groups excluding carboxylic acids is 1. The highest BCUT2D eigenvalue weighted by molar-refractivity contribution is 5.82. The van der Waals surface area contributed by atoms with Crippen molar-refractivity contribution in [1.29, 1.82) is 0 Å². The number of benzene rings is 1. The second kappa shape index (κ2) is 5.32. The van der Waals surface area contributed by atoms with Crippen LogP contribution in [0.5, 0.6) is 0 Å². The maximum atomic E-state index is 12.4. The third-order valence-electron chi connectivity index (χ3n) is 4.37. The van der Waals surface area contributed by atoms with Gasteiger partial charge in [-0.05, 0) is 25.5 Å². The molecule has 2 aromatic rings. The van der Waals surface area contributed by atoms with Crippen LogP contribution in [0.3, 0.4) is 0 Å². The number of carboxylic acids is 1. The van der Waals surface area contributed by atoms with E-state index in [1.807, 2.05) is 6.07 Å². The molecule has 2 atom stereocenters. The summed E-state index contributed by atoms with van der Waals surface area (Å²) >= 11 is 0. The minimum Gasteiger partial charge on any atom is -0.481 e.